The average Bonchev–Trinajstić information content (AvgIpc) is 2.52. The molecule has 1 unspecified atom stereocenters. The Morgan fingerprint density at radius 3 is 2.20 bits per heavy atom. The summed E-state index contributed by atoms with van der Waals surface area (Å²) >= 11 is 0. The Kier molecular flexibility index (Phi) is 8.24. The summed E-state index contributed by atoms with van der Waals surface area (Å²) in [5.41, 5.74) is 7.82. The summed E-state index contributed by atoms with van der Waals surface area (Å²) in [5.74, 6) is -0.981. The fraction of sp³-hybridized carbons (Fsp3) is 0.278. The number of likely N-dealkylation sites (N-methyl/N-ethyl adjacent to an activating group) is 1. The van der Waals surface area contributed by atoms with Crippen LogP contribution >= 0.6 is 24.0 Å². The third kappa shape index (κ3) is 5.93. The van der Waals surface area contributed by atoms with E-state index in [1.54, 1.807) is 19.0 Å². The number of benzene rings is 2. The molecule has 0 saturated carbocycles. The van der Waals surface area contributed by atoms with E-state index < -0.39 is 17.7 Å². The van der Waals surface area contributed by atoms with Crippen LogP contribution in [0.25, 0.3) is 0 Å². The van der Waals surface area contributed by atoms with Crippen LogP contribution in [0.15, 0.2) is 47.5 Å². The number of rotatable bonds is 5. The molecule has 3 N–H and O–H groups in total. The summed E-state index contributed by atoms with van der Waals surface area (Å²) in [6, 6.07) is 11.0. The van der Waals surface area contributed by atoms with Gasteiger partial charge in [0.05, 0.1) is 12.6 Å². The summed E-state index contributed by atoms with van der Waals surface area (Å²) < 4.78 is 28.0. The second kappa shape index (κ2) is 9.67. The Balaban J connectivity index is 0.00000312. The van der Waals surface area contributed by atoms with E-state index >= 15 is 0 Å². The molecule has 0 spiro atoms. The van der Waals surface area contributed by atoms with Crippen molar-refractivity contribution in [3.8, 4) is 0 Å². The molecule has 0 aliphatic heterocycles. The first kappa shape index (κ1) is 21.3. The highest BCUT2D eigenvalue weighted by Gasteiger charge is 2.21. The van der Waals surface area contributed by atoms with Gasteiger partial charge in [0.1, 0.15) is 11.6 Å². The maximum Gasteiger partial charge on any atom is 0.193 e. The van der Waals surface area contributed by atoms with E-state index in [1.165, 1.54) is 18.2 Å². The summed E-state index contributed by atoms with van der Waals surface area (Å²) in [6.45, 7) is 2.13. The lowest BCUT2D eigenvalue weighted by Crippen LogP contribution is -2.28. The lowest BCUT2D eigenvalue weighted by molar-refractivity contribution is 0.290. The predicted octanol–water partition coefficient (Wildman–Crippen LogP) is 3.92. The number of aliphatic imine (C=N–C) groups is 1. The van der Waals surface area contributed by atoms with Gasteiger partial charge in [-0.1, -0.05) is 23.8 Å². The minimum atomic E-state index is -0.589. The largest absolute Gasteiger partial charge is 0.370 e. The Labute approximate surface area is 164 Å². The lowest BCUT2D eigenvalue weighted by atomic mass is 10.0. The molecule has 25 heavy (non-hydrogen) atoms. The molecule has 0 fully saturated rings. The second-order valence-electron chi connectivity index (χ2n) is 5.83. The number of halogens is 3. The number of guanidine groups is 1. The van der Waals surface area contributed by atoms with Gasteiger partial charge in [0.2, 0.25) is 0 Å². The van der Waals surface area contributed by atoms with Gasteiger partial charge in [0.15, 0.2) is 5.96 Å². The lowest BCUT2D eigenvalue weighted by Gasteiger charge is -2.24. The van der Waals surface area contributed by atoms with Crippen molar-refractivity contribution < 1.29 is 8.78 Å². The van der Waals surface area contributed by atoms with E-state index in [0.717, 1.165) is 11.3 Å². The molecule has 0 bridgehead atoms. The number of anilines is 1. The zero-order valence-electron chi connectivity index (χ0n) is 14.5. The van der Waals surface area contributed by atoms with Crippen molar-refractivity contribution in [3.63, 3.8) is 0 Å². The molecule has 1 atom stereocenters. The average molecular weight is 460 g/mol. The number of hydrogen-bond acceptors (Lipinski definition) is 2. The SMILES string of the molecule is Cc1ccc(NC(N)=NCC(c2c(F)cccc2F)N(C)C)cc1.I. The first-order valence-corrected chi connectivity index (χ1v) is 7.62. The molecule has 7 heteroatoms. The first-order chi connectivity index (χ1) is 11.4. The Morgan fingerprint density at radius 2 is 1.68 bits per heavy atom. The molecule has 4 nitrogen and oxygen atoms in total. The standard InChI is InChI=1S/C18H22F2N4.HI/c1-12-7-9-13(10-8-12)23-18(21)22-11-16(24(2)3)17-14(19)5-4-6-15(17)20;/h4-10,16H,11H2,1-3H3,(H3,21,22,23);1H. The zero-order chi connectivity index (χ0) is 17.7. The molecule has 0 aliphatic carbocycles. The van der Waals surface area contributed by atoms with E-state index in [0.29, 0.717) is 0 Å². The van der Waals surface area contributed by atoms with Crippen molar-refractivity contribution >= 4 is 35.6 Å². The molecular weight excluding hydrogens is 437 g/mol. The maximum atomic E-state index is 14.0. The molecule has 2 aromatic rings. The number of nitrogens with two attached hydrogens (primary N) is 1. The van der Waals surface area contributed by atoms with Crippen molar-refractivity contribution in [3.05, 3.63) is 65.2 Å². The Morgan fingerprint density at radius 1 is 1.12 bits per heavy atom. The van der Waals surface area contributed by atoms with Crippen LogP contribution in [-0.4, -0.2) is 31.5 Å². The predicted molar refractivity (Wildman–Crippen MR) is 109 cm³/mol. The summed E-state index contributed by atoms with van der Waals surface area (Å²) in [6.07, 6.45) is 0. The monoisotopic (exact) mass is 460 g/mol. The Hall–Kier alpha value is -1.74. The molecule has 0 heterocycles. The van der Waals surface area contributed by atoms with Gasteiger partial charge < -0.3 is 16.0 Å². The van der Waals surface area contributed by atoms with Crippen LogP contribution in [0.5, 0.6) is 0 Å². The fourth-order valence-corrected chi connectivity index (χ4v) is 2.35. The normalized spacial score (nSPS) is 12.6. The highest BCUT2D eigenvalue weighted by atomic mass is 127. The number of nitrogens with one attached hydrogen (secondary N) is 1. The summed E-state index contributed by atoms with van der Waals surface area (Å²) in [4.78, 5) is 5.94. The van der Waals surface area contributed by atoms with Crippen molar-refractivity contribution in [1.82, 2.24) is 4.90 Å². The second-order valence-corrected chi connectivity index (χ2v) is 5.83. The summed E-state index contributed by atoms with van der Waals surface area (Å²) in [7, 11) is 3.49. The molecule has 0 radical (unpaired) electrons. The molecule has 0 aliphatic rings. The quantitative estimate of drug-likeness (QED) is 0.404. The van der Waals surface area contributed by atoms with Crippen molar-refractivity contribution in [2.45, 2.75) is 13.0 Å². The number of nitrogens with zero attached hydrogens (tertiary/aromatic N) is 2. The van der Waals surface area contributed by atoms with Crippen LogP contribution in [0, 0.1) is 18.6 Å². The number of aryl methyl sites for hydroxylation is 1. The molecule has 2 aromatic carbocycles. The topological polar surface area (TPSA) is 53.6 Å². The van der Waals surface area contributed by atoms with Gasteiger partial charge in [0, 0.05) is 11.3 Å². The fourth-order valence-electron chi connectivity index (χ4n) is 2.35. The van der Waals surface area contributed by atoms with E-state index in [9.17, 15) is 8.78 Å². The minimum absolute atomic E-state index is 0. The van der Waals surface area contributed by atoms with Gasteiger partial charge >= 0.3 is 0 Å². The van der Waals surface area contributed by atoms with E-state index in [-0.39, 0.29) is 42.0 Å². The van der Waals surface area contributed by atoms with E-state index in [1.807, 2.05) is 31.2 Å². The Bertz CT molecular complexity index is 697. The minimum Gasteiger partial charge on any atom is -0.370 e. The molecule has 0 saturated heterocycles. The van der Waals surface area contributed by atoms with Gasteiger partial charge in [-0.05, 0) is 45.3 Å². The van der Waals surface area contributed by atoms with E-state index in [4.69, 9.17) is 5.73 Å². The maximum absolute atomic E-state index is 14.0. The van der Waals surface area contributed by atoms with Gasteiger partial charge in [-0.3, -0.25) is 4.99 Å². The smallest absolute Gasteiger partial charge is 0.193 e. The molecule has 2 rings (SSSR count). The van der Waals surface area contributed by atoms with Gasteiger partial charge in [-0.25, -0.2) is 8.78 Å². The van der Waals surface area contributed by atoms with Crippen molar-refractivity contribution in [2.75, 3.05) is 26.0 Å². The van der Waals surface area contributed by atoms with Crippen LogP contribution in [0.2, 0.25) is 0 Å². The molecule has 0 amide bonds. The highest BCUT2D eigenvalue weighted by molar-refractivity contribution is 14.0. The molecule has 136 valence electrons. The number of hydrogen-bond donors (Lipinski definition) is 2. The molecule has 0 aromatic heterocycles. The van der Waals surface area contributed by atoms with Crippen LogP contribution in [0.3, 0.4) is 0 Å². The summed E-state index contributed by atoms with van der Waals surface area (Å²) in [5, 5.41) is 2.97. The van der Waals surface area contributed by atoms with Crippen molar-refractivity contribution in [2.24, 2.45) is 10.7 Å². The van der Waals surface area contributed by atoms with E-state index in [2.05, 4.69) is 10.3 Å². The zero-order valence-corrected chi connectivity index (χ0v) is 16.8. The van der Waals surface area contributed by atoms with Gasteiger partial charge in [-0.2, -0.15) is 0 Å². The van der Waals surface area contributed by atoms with Crippen LogP contribution < -0.4 is 11.1 Å². The van der Waals surface area contributed by atoms with Crippen LogP contribution in [0.4, 0.5) is 14.5 Å². The first-order valence-electron chi connectivity index (χ1n) is 7.62. The van der Waals surface area contributed by atoms with Crippen LogP contribution in [-0.2, 0) is 0 Å². The van der Waals surface area contributed by atoms with Crippen molar-refractivity contribution in [1.29, 1.82) is 0 Å². The highest BCUT2D eigenvalue weighted by Crippen LogP contribution is 2.24. The van der Waals surface area contributed by atoms with Gasteiger partial charge in [0.25, 0.3) is 0 Å². The third-order valence-corrected chi connectivity index (χ3v) is 3.71. The van der Waals surface area contributed by atoms with Crippen LogP contribution in [0.1, 0.15) is 17.2 Å². The molecular formula is C18H23F2IN4. The third-order valence-electron chi connectivity index (χ3n) is 3.71. The van der Waals surface area contributed by atoms with Gasteiger partial charge in [-0.15, -0.1) is 24.0 Å².